The van der Waals surface area contributed by atoms with Crippen LogP contribution >= 0.6 is 11.3 Å². The van der Waals surface area contributed by atoms with Crippen LogP contribution in [0.1, 0.15) is 56.4 Å². The van der Waals surface area contributed by atoms with Crippen LogP contribution in [0.25, 0.3) is 0 Å². The van der Waals surface area contributed by atoms with Crippen LogP contribution in [-0.4, -0.2) is 11.9 Å². The molecule has 0 aromatic carbocycles. The molecule has 0 bridgehead atoms. The standard InChI is InChI=1S/C15H24N2OS/c1-2-4-11-6-8-12(9-7-11)17-15(18)14(16)13-5-3-10-19-13/h3,5,10-12,14H,2,4,6-9,16H2,1H3,(H,17,18). The van der Waals surface area contributed by atoms with Gasteiger partial charge in [-0.1, -0.05) is 25.8 Å². The largest absolute Gasteiger partial charge is 0.352 e. The molecule has 1 aromatic rings. The van der Waals surface area contributed by atoms with Crippen molar-refractivity contribution in [1.82, 2.24) is 5.32 Å². The molecule has 0 spiro atoms. The summed E-state index contributed by atoms with van der Waals surface area (Å²) < 4.78 is 0. The molecule has 106 valence electrons. The second-order valence-corrected chi connectivity index (χ2v) is 6.49. The van der Waals surface area contributed by atoms with Crippen molar-refractivity contribution in [1.29, 1.82) is 0 Å². The fourth-order valence-electron chi connectivity index (χ4n) is 2.89. The summed E-state index contributed by atoms with van der Waals surface area (Å²) in [4.78, 5) is 13.0. The molecule has 1 atom stereocenters. The Bertz CT molecular complexity index is 383. The summed E-state index contributed by atoms with van der Waals surface area (Å²) in [7, 11) is 0. The highest BCUT2D eigenvalue weighted by Gasteiger charge is 2.24. The Morgan fingerprint density at radius 3 is 2.79 bits per heavy atom. The Balaban J connectivity index is 1.77. The maximum atomic E-state index is 12.1. The maximum absolute atomic E-state index is 12.1. The third-order valence-corrected chi connectivity index (χ3v) is 4.98. The van der Waals surface area contributed by atoms with Crippen LogP contribution in [0.3, 0.4) is 0 Å². The monoisotopic (exact) mass is 280 g/mol. The zero-order valence-corrected chi connectivity index (χ0v) is 12.4. The van der Waals surface area contributed by atoms with E-state index >= 15 is 0 Å². The van der Waals surface area contributed by atoms with Gasteiger partial charge in [0.05, 0.1) is 0 Å². The van der Waals surface area contributed by atoms with Gasteiger partial charge in [0, 0.05) is 10.9 Å². The Morgan fingerprint density at radius 2 is 2.21 bits per heavy atom. The molecule has 0 saturated heterocycles. The molecule has 1 aliphatic rings. The lowest BCUT2D eigenvalue weighted by atomic mass is 9.83. The highest BCUT2D eigenvalue weighted by molar-refractivity contribution is 7.10. The van der Waals surface area contributed by atoms with Crippen molar-refractivity contribution in [3.05, 3.63) is 22.4 Å². The fourth-order valence-corrected chi connectivity index (χ4v) is 3.62. The molecule has 1 unspecified atom stereocenters. The van der Waals surface area contributed by atoms with Crippen molar-refractivity contribution in [2.45, 2.75) is 57.5 Å². The zero-order valence-electron chi connectivity index (χ0n) is 11.6. The maximum Gasteiger partial charge on any atom is 0.242 e. The van der Waals surface area contributed by atoms with Crippen molar-refractivity contribution in [2.24, 2.45) is 11.7 Å². The summed E-state index contributed by atoms with van der Waals surface area (Å²) in [5.74, 6) is 0.838. The van der Waals surface area contributed by atoms with Crippen LogP contribution in [0.2, 0.25) is 0 Å². The van der Waals surface area contributed by atoms with E-state index in [2.05, 4.69) is 12.2 Å². The highest BCUT2D eigenvalue weighted by Crippen LogP contribution is 2.28. The second kappa shape index (κ2) is 7.06. The van der Waals surface area contributed by atoms with Gasteiger partial charge in [0.1, 0.15) is 6.04 Å². The fraction of sp³-hybridized carbons (Fsp3) is 0.667. The molecule has 1 amide bonds. The van der Waals surface area contributed by atoms with Crippen molar-refractivity contribution in [3.8, 4) is 0 Å². The van der Waals surface area contributed by atoms with E-state index in [9.17, 15) is 4.79 Å². The Kier molecular flexibility index (Phi) is 5.40. The first-order valence-electron chi connectivity index (χ1n) is 7.30. The van der Waals surface area contributed by atoms with Gasteiger partial charge in [-0.05, 0) is 43.0 Å². The van der Waals surface area contributed by atoms with E-state index in [1.54, 1.807) is 11.3 Å². The number of hydrogen-bond acceptors (Lipinski definition) is 3. The van der Waals surface area contributed by atoms with Crippen LogP contribution in [-0.2, 0) is 4.79 Å². The minimum absolute atomic E-state index is 0.0265. The predicted octanol–water partition coefficient (Wildman–Crippen LogP) is 3.22. The van der Waals surface area contributed by atoms with E-state index in [4.69, 9.17) is 5.73 Å². The number of hydrogen-bond donors (Lipinski definition) is 2. The number of carbonyl (C=O) groups is 1. The van der Waals surface area contributed by atoms with E-state index in [-0.39, 0.29) is 5.91 Å². The third-order valence-electron chi connectivity index (χ3n) is 4.02. The van der Waals surface area contributed by atoms with E-state index < -0.39 is 6.04 Å². The third kappa shape index (κ3) is 4.05. The average Bonchev–Trinajstić information content (AvgIpc) is 2.94. The lowest BCUT2D eigenvalue weighted by Crippen LogP contribution is -2.42. The topological polar surface area (TPSA) is 55.1 Å². The Labute approximate surface area is 119 Å². The smallest absolute Gasteiger partial charge is 0.242 e. The first kappa shape index (κ1) is 14.5. The van der Waals surface area contributed by atoms with Gasteiger partial charge in [-0.3, -0.25) is 4.79 Å². The number of nitrogens with two attached hydrogens (primary N) is 1. The summed E-state index contributed by atoms with van der Waals surface area (Å²) in [6, 6.07) is 3.68. The summed E-state index contributed by atoms with van der Waals surface area (Å²) in [5.41, 5.74) is 5.97. The van der Waals surface area contributed by atoms with E-state index in [1.165, 1.54) is 25.7 Å². The molecule has 3 N–H and O–H groups in total. The van der Waals surface area contributed by atoms with Gasteiger partial charge in [-0.15, -0.1) is 11.3 Å². The van der Waals surface area contributed by atoms with E-state index in [0.29, 0.717) is 6.04 Å². The molecule has 1 aliphatic carbocycles. The number of amides is 1. The first-order valence-corrected chi connectivity index (χ1v) is 8.18. The summed E-state index contributed by atoms with van der Waals surface area (Å²) in [5, 5.41) is 5.07. The van der Waals surface area contributed by atoms with Gasteiger partial charge in [0.15, 0.2) is 0 Å². The summed E-state index contributed by atoms with van der Waals surface area (Å²) >= 11 is 1.54. The minimum Gasteiger partial charge on any atom is -0.352 e. The van der Waals surface area contributed by atoms with Crippen molar-refractivity contribution >= 4 is 17.2 Å². The summed E-state index contributed by atoms with van der Waals surface area (Å²) in [6.45, 7) is 2.24. The molecule has 0 radical (unpaired) electrons. The van der Waals surface area contributed by atoms with Gasteiger partial charge in [0.25, 0.3) is 0 Å². The van der Waals surface area contributed by atoms with E-state index in [1.807, 2.05) is 17.5 Å². The van der Waals surface area contributed by atoms with Crippen molar-refractivity contribution in [2.75, 3.05) is 0 Å². The molecule has 1 heterocycles. The summed E-state index contributed by atoms with van der Waals surface area (Å²) in [6.07, 6.45) is 7.29. The highest BCUT2D eigenvalue weighted by atomic mass is 32.1. The molecular formula is C15H24N2OS. The molecule has 0 aliphatic heterocycles. The number of thiophene rings is 1. The Morgan fingerprint density at radius 1 is 1.47 bits per heavy atom. The molecule has 1 fully saturated rings. The van der Waals surface area contributed by atoms with Crippen molar-refractivity contribution in [3.63, 3.8) is 0 Å². The van der Waals surface area contributed by atoms with Gasteiger partial charge in [-0.25, -0.2) is 0 Å². The van der Waals surface area contributed by atoms with Crippen LogP contribution in [0.15, 0.2) is 17.5 Å². The second-order valence-electron chi connectivity index (χ2n) is 5.51. The van der Waals surface area contributed by atoms with E-state index in [0.717, 1.165) is 23.6 Å². The van der Waals surface area contributed by atoms with Crippen molar-refractivity contribution < 1.29 is 4.79 Å². The Hall–Kier alpha value is -0.870. The first-order chi connectivity index (χ1) is 9.20. The number of rotatable bonds is 5. The molecule has 19 heavy (non-hydrogen) atoms. The molecular weight excluding hydrogens is 256 g/mol. The van der Waals surface area contributed by atoms with Crippen LogP contribution in [0.5, 0.6) is 0 Å². The minimum atomic E-state index is -0.506. The number of carbonyl (C=O) groups excluding carboxylic acids is 1. The van der Waals surface area contributed by atoms with Gasteiger partial charge < -0.3 is 11.1 Å². The normalized spacial score (nSPS) is 24.9. The molecule has 1 saturated carbocycles. The molecule has 1 aromatic heterocycles. The average molecular weight is 280 g/mol. The zero-order chi connectivity index (χ0) is 13.7. The molecule has 3 nitrogen and oxygen atoms in total. The predicted molar refractivity (Wildman–Crippen MR) is 80.0 cm³/mol. The lowest BCUT2D eigenvalue weighted by Gasteiger charge is -2.29. The van der Waals surface area contributed by atoms with Gasteiger partial charge >= 0.3 is 0 Å². The van der Waals surface area contributed by atoms with Gasteiger partial charge in [-0.2, -0.15) is 0 Å². The van der Waals surface area contributed by atoms with Crippen LogP contribution in [0, 0.1) is 5.92 Å². The van der Waals surface area contributed by atoms with Crippen LogP contribution in [0.4, 0.5) is 0 Å². The quantitative estimate of drug-likeness (QED) is 0.870. The molecule has 4 heteroatoms. The molecule has 2 rings (SSSR count). The lowest BCUT2D eigenvalue weighted by molar-refractivity contribution is -0.123. The van der Waals surface area contributed by atoms with Gasteiger partial charge in [0.2, 0.25) is 5.91 Å². The van der Waals surface area contributed by atoms with Crippen LogP contribution < -0.4 is 11.1 Å². The SMILES string of the molecule is CCCC1CCC(NC(=O)C(N)c2cccs2)CC1. The number of nitrogens with one attached hydrogen (secondary N) is 1.